The number of Topliss-reactive ketones (excluding diaryl/α,β-unsaturated/α-hetero) is 1. The second-order valence-electron chi connectivity index (χ2n) is 8.55. The molecule has 0 saturated carbocycles. The predicted octanol–water partition coefficient (Wildman–Crippen LogP) is 5.45. The zero-order valence-corrected chi connectivity index (χ0v) is 18.7. The van der Waals surface area contributed by atoms with Crippen LogP contribution in [0.4, 0.5) is 4.39 Å². The molecule has 1 aromatic heterocycles. The third-order valence-electron chi connectivity index (χ3n) is 5.76. The molecule has 1 N–H and O–H groups in total. The Morgan fingerprint density at radius 2 is 2.00 bits per heavy atom. The zero-order chi connectivity index (χ0) is 22.1. The number of benzene rings is 1. The molecule has 0 spiro atoms. The summed E-state index contributed by atoms with van der Waals surface area (Å²) < 4.78 is 20.4. The fourth-order valence-electron chi connectivity index (χ4n) is 4.37. The van der Waals surface area contributed by atoms with Crippen molar-refractivity contribution in [2.24, 2.45) is 5.92 Å². The number of hydrogen-bond donors (Lipinski definition) is 1. The number of esters is 1. The van der Waals surface area contributed by atoms with Crippen LogP contribution in [-0.2, 0) is 14.3 Å². The van der Waals surface area contributed by atoms with E-state index in [1.807, 2.05) is 31.4 Å². The fraction of sp³-hybridized carbons (Fsp3) is 0.360. The highest BCUT2D eigenvalue weighted by Crippen LogP contribution is 2.46. The van der Waals surface area contributed by atoms with Crippen molar-refractivity contribution in [1.82, 2.24) is 5.32 Å². The van der Waals surface area contributed by atoms with Crippen LogP contribution in [0.3, 0.4) is 0 Å². The van der Waals surface area contributed by atoms with Crippen molar-refractivity contribution in [3.8, 4) is 0 Å². The molecule has 6 heteroatoms. The molecule has 4 rings (SSSR count). The topological polar surface area (TPSA) is 55.4 Å². The van der Waals surface area contributed by atoms with Crippen molar-refractivity contribution < 1.29 is 18.7 Å². The summed E-state index contributed by atoms with van der Waals surface area (Å²) >= 11 is 1.64. The smallest absolute Gasteiger partial charge is 0.336 e. The van der Waals surface area contributed by atoms with Crippen LogP contribution >= 0.6 is 11.3 Å². The van der Waals surface area contributed by atoms with Crippen LogP contribution in [0.1, 0.15) is 55.9 Å². The summed E-state index contributed by atoms with van der Waals surface area (Å²) in [4.78, 5) is 27.6. The largest absolute Gasteiger partial charge is 0.462 e. The third-order valence-corrected chi connectivity index (χ3v) is 6.79. The van der Waals surface area contributed by atoms with Crippen molar-refractivity contribution in [3.05, 3.63) is 80.6 Å². The number of ether oxygens (including phenoxy) is 1. The molecule has 2 atom stereocenters. The lowest BCUT2D eigenvalue weighted by molar-refractivity contribution is -0.140. The summed E-state index contributed by atoms with van der Waals surface area (Å²) in [5.41, 5.74) is 2.52. The van der Waals surface area contributed by atoms with Gasteiger partial charge in [-0.25, -0.2) is 9.18 Å². The molecule has 162 valence electrons. The molecule has 4 nitrogen and oxygen atoms in total. The van der Waals surface area contributed by atoms with Gasteiger partial charge in [0.1, 0.15) is 5.82 Å². The van der Waals surface area contributed by atoms with E-state index >= 15 is 0 Å². The highest BCUT2D eigenvalue weighted by molar-refractivity contribution is 7.10. The van der Waals surface area contributed by atoms with Gasteiger partial charge >= 0.3 is 5.97 Å². The van der Waals surface area contributed by atoms with E-state index in [1.54, 1.807) is 36.5 Å². The van der Waals surface area contributed by atoms with E-state index < -0.39 is 17.7 Å². The predicted molar refractivity (Wildman–Crippen MR) is 119 cm³/mol. The van der Waals surface area contributed by atoms with E-state index in [1.165, 1.54) is 6.07 Å². The van der Waals surface area contributed by atoms with Crippen LogP contribution in [-0.4, -0.2) is 18.4 Å². The van der Waals surface area contributed by atoms with Gasteiger partial charge in [-0.05, 0) is 36.8 Å². The molecule has 1 aromatic carbocycles. The van der Waals surface area contributed by atoms with Crippen LogP contribution in [0.15, 0.2) is 64.3 Å². The highest BCUT2D eigenvalue weighted by atomic mass is 32.1. The van der Waals surface area contributed by atoms with E-state index in [2.05, 4.69) is 5.32 Å². The number of thiophene rings is 1. The molecule has 2 aromatic rings. The number of ketones is 1. The number of nitrogens with one attached hydrogen (secondary N) is 1. The molecule has 0 radical (unpaired) electrons. The number of hydrogen-bond acceptors (Lipinski definition) is 5. The maximum atomic E-state index is 14.9. The molecule has 1 aliphatic heterocycles. The van der Waals surface area contributed by atoms with E-state index in [9.17, 15) is 14.0 Å². The lowest BCUT2D eigenvalue weighted by Crippen LogP contribution is -2.36. The summed E-state index contributed by atoms with van der Waals surface area (Å²) in [6.07, 6.45) is 0.998. The van der Waals surface area contributed by atoms with E-state index in [4.69, 9.17) is 4.74 Å². The average molecular weight is 440 g/mol. The molecule has 1 aliphatic carbocycles. The highest BCUT2D eigenvalue weighted by Gasteiger charge is 2.42. The number of carbonyl (C=O) groups excluding carboxylic acids is 2. The van der Waals surface area contributed by atoms with Crippen LogP contribution < -0.4 is 5.32 Å². The van der Waals surface area contributed by atoms with E-state index in [0.29, 0.717) is 35.2 Å². The van der Waals surface area contributed by atoms with Gasteiger partial charge in [0.15, 0.2) is 5.78 Å². The van der Waals surface area contributed by atoms with Gasteiger partial charge in [0, 0.05) is 39.7 Å². The Balaban J connectivity index is 1.79. The Morgan fingerprint density at radius 1 is 1.23 bits per heavy atom. The quantitative estimate of drug-likeness (QED) is 0.630. The summed E-state index contributed by atoms with van der Waals surface area (Å²) in [7, 11) is 0. The summed E-state index contributed by atoms with van der Waals surface area (Å²) in [5, 5.41) is 5.31. The number of carbonyl (C=O) groups is 2. The van der Waals surface area contributed by atoms with Crippen molar-refractivity contribution >= 4 is 23.1 Å². The Labute approximate surface area is 185 Å². The number of rotatable bonds is 5. The van der Waals surface area contributed by atoms with Crippen molar-refractivity contribution in [3.63, 3.8) is 0 Å². The van der Waals surface area contributed by atoms with Crippen LogP contribution in [0, 0.1) is 11.7 Å². The Kier molecular flexibility index (Phi) is 6.10. The number of allylic oxidation sites excluding steroid dienone is 3. The van der Waals surface area contributed by atoms with E-state index in [-0.39, 0.29) is 24.2 Å². The monoisotopic (exact) mass is 439 g/mol. The summed E-state index contributed by atoms with van der Waals surface area (Å²) in [5.74, 6) is -1.51. The molecular formula is C25H26FNO3S. The van der Waals surface area contributed by atoms with Gasteiger partial charge in [0.2, 0.25) is 0 Å². The Hall–Kier alpha value is -2.73. The molecule has 0 saturated heterocycles. The maximum Gasteiger partial charge on any atom is 0.336 e. The van der Waals surface area contributed by atoms with Gasteiger partial charge in [-0.1, -0.05) is 38.1 Å². The second kappa shape index (κ2) is 8.79. The average Bonchev–Trinajstić information content (AvgIpc) is 3.26. The minimum absolute atomic E-state index is 0.0536. The van der Waals surface area contributed by atoms with Gasteiger partial charge in [0.25, 0.3) is 0 Å². The molecular weight excluding hydrogens is 413 g/mol. The summed E-state index contributed by atoms with van der Waals surface area (Å²) in [6, 6.07) is 10.4. The van der Waals surface area contributed by atoms with Crippen LogP contribution in [0.2, 0.25) is 0 Å². The lowest BCUT2D eigenvalue weighted by atomic mass is 9.72. The molecule has 0 amide bonds. The molecule has 2 heterocycles. The van der Waals surface area contributed by atoms with E-state index in [0.717, 1.165) is 10.6 Å². The SMILES string of the molecule is CC1=C(C(=O)OCC(C)C)C(c2ccccc2F)C2=C(CC(c3cccs3)CC2=O)N1. The standard InChI is InChI=1S/C25H26FNO3S/c1-14(2)13-30-25(29)22-15(3)27-19-11-16(21-9-6-10-31-21)12-20(28)24(19)23(22)17-7-4-5-8-18(17)26/h4-10,14,16,23,27H,11-13H2,1-3H3. The lowest BCUT2D eigenvalue weighted by Gasteiger charge is -2.36. The zero-order valence-electron chi connectivity index (χ0n) is 17.9. The molecule has 0 fully saturated rings. The van der Waals surface area contributed by atoms with Gasteiger partial charge in [-0.15, -0.1) is 11.3 Å². The summed E-state index contributed by atoms with van der Waals surface area (Å²) in [6.45, 7) is 5.97. The van der Waals surface area contributed by atoms with Crippen molar-refractivity contribution in [2.45, 2.75) is 45.4 Å². The Bertz CT molecular complexity index is 1070. The van der Waals surface area contributed by atoms with Gasteiger partial charge < -0.3 is 10.1 Å². The van der Waals surface area contributed by atoms with Gasteiger partial charge in [-0.3, -0.25) is 4.79 Å². The second-order valence-corrected chi connectivity index (χ2v) is 9.53. The molecule has 2 aliphatic rings. The first-order chi connectivity index (χ1) is 14.9. The normalized spacial score (nSPS) is 21.3. The van der Waals surface area contributed by atoms with Crippen LogP contribution in [0.5, 0.6) is 0 Å². The number of dihydropyridines is 1. The van der Waals surface area contributed by atoms with Gasteiger partial charge in [0.05, 0.1) is 18.1 Å². The third kappa shape index (κ3) is 4.22. The van der Waals surface area contributed by atoms with Crippen LogP contribution in [0.25, 0.3) is 0 Å². The first-order valence-corrected chi connectivity index (χ1v) is 11.4. The minimum Gasteiger partial charge on any atom is -0.462 e. The molecule has 2 unspecified atom stereocenters. The Morgan fingerprint density at radius 3 is 2.68 bits per heavy atom. The molecule has 0 bridgehead atoms. The fourth-order valence-corrected chi connectivity index (χ4v) is 5.21. The van der Waals surface area contributed by atoms with Crippen molar-refractivity contribution in [1.29, 1.82) is 0 Å². The maximum absolute atomic E-state index is 14.9. The molecule has 31 heavy (non-hydrogen) atoms. The first kappa shape index (κ1) is 21.5. The first-order valence-electron chi connectivity index (χ1n) is 10.6. The minimum atomic E-state index is -0.770. The van der Waals surface area contributed by atoms with Gasteiger partial charge in [-0.2, -0.15) is 0 Å². The number of halogens is 1. The van der Waals surface area contributed by atoms with Crippen molar-refractivity contribution in [2.75, 3.05) is 6.61 Å².